The highest BCUT2D eigenvalue weighted by Crippen LogP contribution is 2.24. The van der Waals surface area contributed by atoms with Gasteiger partial charge in [-0.15, -0.1) is 0 Å². The van der Waals surface area contributed by atoms with Crippen molar-refractivity contribution in [3.63, 3.8) is 0 Å². The van der Waals surface area contributed by atoms with Gasteiger partial charge < -0.3 is 15.4 Å². The smallest absolute Gasteiger partial charge is 0.257 e. The van der Waals surface area contributed by atoms with Crippen LogP contribution in [-0.2, 0) is 4.74 Å². The van der Waals surface area contributed by atoms with Crippen molar-refractivity contribution < 1.29 is 13.9 Å². The van der Waals surface area contributed by atoms with Crippen LogP contribution < -0.4 is 5.73 Å². The predicted octanol–water partition coefficient (Wildman–Crippen LogP) is 2.17. The Labute approximate surface area is 126 Å². The van der Waals surface area contributed by atoms with Gasteiger partial charge in [-0.25, -0.2) is 4.39 Å². The number of likely N-dealkylation sites (tertiary alicyclic amines) is 1. The van der Waals surface area contributed by atoms with E-state index >= 15 is 0 Å². The fourth-order valence-electron chi connectivity index (χ4n) is 2.54. The summed E-state index contributed by atoms with van der Waals surface area (Å²) in [5.74, 6) is -0.837. The van der Waals surface area contributed by atoms with E-state index in [0.717, 1.165) is 6.42 Å². The zero-order valence-electron chi connectivity index (χ0n) is 11.3. The third-order valence-corrected chi connectivity index (χ3v) is 4.33. The summed E-state index contributed by atoms with van der Waals surface area (Å²) in [5.41, 5.74) is 5.82. The number of ether oxygens (including phenoxy) is 1. The van der Waals surface area contributed by atoms with Gasteiger partial charge in [-0.3, -0.25) is 4.79 Å². The van der Waals surface area contributed by atoms with Gasteiger partial charge in [-0.1, -0.05) is 6.07 Å². The maximum atomic E-state index is 14.0. The Morgan fingerprint density at radius 3 is 3.00 bits per heavy atom. The molecule has 1 aliphatic rings. The maximum Gasteiger partial charge on any atom is 0.257 e. The molecular weight excluding hydrogens is 327 g/mol. The Morgan fingerprint density at radius 2 is 2.35 bits per heavy atom. The minimum Gasteiger partial charge on any atom is -0.381 e. The fourth-order valence-corrected chi connectivity index (χ4v) is 2.91. The van der Waals surface area contributed by atoms with Gasteiger partial charge in [0.15, 0.2) is 0 Å². The molecule has 1 amide bonds. The van der Waals surface area contributed by atoms with E-state index in [1.807, 2.05) is 0 Å². The van der Waals surface area contributed by atoms with Crippen LogP contribution in [0.25, 0.3) is 0 Å². The predicted molar refractivity (Wildman–Crippen MR) is 78.0 cm³/mol. The number of hydrogen-bond acceptors (Lipinski definition) is 3. The number of hydrogen-bond donors (Lipinski definition) is 1. The molecule has 4 nitrogen and oxygen atoms in total. The lowest BCUT2D eigenvalue weighted by Gasteiger charge is -2.38. The van der Waals surface area contributed by atoms with Gasteiger partial charge in [0.05, 0.1) is 16.1 Å². The first-order valence-electron chi connectivity index (χ1n) is 6.56. The molecule has 0 aliphatic carbocycles. The number of carbonyl (C=O) groups excluding carboxylic acids is 1. The number of nitrogens with two attached hydrogens (primary N) is 1. The van der Waals surface area contributed by atoms with E-state index in [1.54, 1.807) is 24.1 Å². The largest absolute Gasteiger partial charge is 0.381 e. The summed E-state index contributed by atoms with van der Waals surface area (Å²) in [7, 11) is 1.66. The van der Waals surface area contributed by atoms with Crippen molar-refractivity contribution in [2.24, 2.45) is 5.73 Å². The van der Waals surface area contributed by atoms with E-state index in [2.05, 4.69) is 15.9 Å². The molecule has 2 atom stereocenters. The summed E-state index contributed by atoms with van der Waals surface area (Å²) in [6, 6.07) is 4.61. The second-order valence-corrected chi connectivity index (χ2v) is 5.73. The molecule has 20 heavy (non-hydrogen) atoms. The molecule has 1 aliphatic heterocycles. The molecule has 2 rings (SSSR count). The second-order valence-electron chi connectivity index (χ2n) is 4.87. The zero-order valence-corrected chi connectivity index (χ0v) is 12.9. The molecule has 1 heterocycles. The van der Waals surface area contributed by atoms with Crippen LogP contribution in [0.15, 0.2) is 22.7 Å². The lowest BCUT2D eigenvalue weighted by atomic mass is 9.98. The molecule has 0 saturated carbocycles. The van der Waals surface area contributed by atoms with Crippen molar-refractivity contribution in [3.8, 4) is 0 Å². The van der Waals surface area contributed by atoms with E-state index in [0.29, 0.717) is 24.0 Å². The molecule has 1 fully saturated rings. The van der Waals surface area contributed by atoms with Gasteiger partial charge in [0, 0.05) is 26.2 Å². The number of halogens is 2. The van der Waals surface area contributed by atoms with Crippen LogP contribution in [0.5, 0.6) is 0 Å². The Bertz CT molecular complexity index is 498. The number of rotatable bonds is 3. The van der Waals surface area contributed by atoms with E-state index in [9.17, 15) is 9.18 Å². The lowest BCUT2D eigenvalue weighted by molar-refractivity contribution is 0.0137. The Balaban J connectivity index is 2.22. The van der Waals surface area contributed by atoms with E-state index in [-0.39, 0.29) is 23.6 Å². The van der Waals surface area contributed by atoms with Crippen molar-refractivity contribution in [1.82, 2.24) is 4.90 Å². The summed E-state index contributed by atoms with van der Waals surface area (Å²) < 4.78 is 19.6. The standard InChI is InChI=1S/C14H18BrFN2O2/c1-20-10-5-6-18(9(7-10)8-17)14(19)11-3-2-4-12(15)13(11)16/h2-4,9-10H,5-8,17H2,1H3. The lowest BCUT2D eigenvalue weighted by Crippen LogP contribution is -2.51. The maximum absolute atomic E-state index is 14.0. The van der Waals surface area contributed by atoms with Crippen LogP contribution in [0.4, 0.5) is 4.39 Å². The van der Waals surface area contributed by atoms with Gasteiger partial charge in [-0.2, -0.15) is 0 Å². The normalized spacial score (nSPS) is 22.9. The molecule has 1 saturated heterocycles. The van der Waals surface area contributed by atoms with Crippen molar-refractivity contribution >= 4 is 21.8 Å². The molecule has 1 aromatic carbocycles. The van der Waals surface area contributed by atoms with Gasteiger partial charge in [0.1, 0.15) is 5.82 Å². The van der Waals surface area contributed by atoms with E-state index in [4.69, 9.17) is 10.5 Å². The molecule has 0 aromatic heterocycles. The van der Waals surface area contributed by atoms with Crippen LogP contribution in [-0.4, -0.2) is 43.2 Å². The summed E-state index contributed by atoms with van der Waals surface area (Å²) in [4.78, 5) is 14.2. The molecule has 110 valence electrons. The Kier molecular flexibility index (Phi) is 5.12. The Hall–Kier alpha value is -0.980. The third-order valence-electron chi connectivity index (χ3n) is 3.72. The summed E-state index contributed by atoms with van der Waals surface area (Å²) in [6.45, 7) is 0.881. The van der Waals surface area contributed by atoms with E-state index in [1.165, 1.54) is 6.07 Å². The molecule has 1 aromatic rings. The summed E-state index contributed by atoms with van der Waals surface area (Å²) in [6.07, 6.45) is 1.54. The summed E-state index contributed by atoms with van der Waals surface area (Å²) in [5, 5.41) is 0. The number of nitrogens with zero attached hydrogens (tertiary/aromatic N) is 1. The average molecular weight is 345 g/mol. The Morgan fingerprint density at radius 1 is 1.60 bits per heavy atom. The van der Waals surface area contributed by atoms with Crippen LogP contribution in [0.1, 0.15) is 23.2 Å². The highest BCUT2D eigenvalue weighted by atomic mass is 79.9. The molecule has 0 spiro atoms. The first-order chi connectivity index (χ1) is 9.58. The van der Waals surface area contributed by atoms with Crippen molar-refractivity contribution in [3.05, 3.63) is 34.1 Å². The molecule has 2 N–H and O–H groups in total. The first-order valence-corrected chi connectivity index (χ1v) is 7.35. The number of piperidine rings is 1. The first kappa shape index (κ1) is 15.4. The van der Waals surface area contributed by atoms with Crippen molar-refractivity contribution in [2.45, 2.75) is 25.0 Å². The quantitative estimate of drug-likeness (QED) is 0.914. The van der Waals surface area contributed by atoms with Gasteiger partial charge in [0.25, 0.3) is 5.91 Å². The van der Waals surface area contributed by atoms with Crippen molar-refractivity contribution in [1.29, 1.82) is 0 Å². The van der Waals surface area contributed by atoms with Gasteiger partial charge >= 0.3 is 0 Å². The number of benzene rings is 1. The number of methoxy groups -OCH3 is 1. The molecule has 0 radical (unpaired) electrons. The van der Waals surface area contributed by atoms with Crippen LogP contribution in [0.2, 0.25) is 0 Å². The topological polar surface area (TPSA) is 55.6 Å². The van der Waals surface area contributed by atoms with E-state index < -0.39 is 5.82 Å². The SMILES string of the molecule is COC1CCN(C(=O)c2cccc(Br)c2F)C(CN)C1. The molecule has 2 unspecified atom stereocenters. The number of carbonyl (C=O) groups is 1. The molecule has 0 bridgehead atoms. The summed E-state index contributed by atoms with van der Waals surface area (Å²) >= 11 is 3.10. The van der Waals surface area contributed by atoms with Crippen LogP contribution >= 0.6 is 15.9 Å². The zero-order chi connectivity index (χ0) is 14.7. The average Bonchev–Trinajstić information content (AvgIpc) is 2.48. The van der Waals surface area contributed by atoms with Crippen molar-refractivity contribution in [2.75, 3.05) is 20.2 Å². The van der Waals surface area contributed by atoms with Crippen LogP contribution in [0.3, 0.4) is 0 Å². The molecular formula is C14H18BrFN2O2. The van der Waals surface area contributed by atoms with Gasteiger partial charge in [-0.05, 0) is 40.9 Å². The highest BCUT2D eigenvalue weighted by Gasteiger charge is 2.32. The van der Waals surface area contributed by atoms with Crippen LogP contribution in [0, 0.1) is 5.82 Å². The molecule has 6 heteroatoms. The fraction of sp³-hybridized carbons (Fsp3) is 0.500. The highest BCUT2D eigenvalue weighted by molar-refractivity contribution is 9.10. The third kappa shape index (κ3) is 3.02. The monoisotopic (exact) mass is 344 g/mol. The number of amides is 1. The second kappa shape index (κ2) is 6.65. The minimum atomic E-state index is -0.526. The van der Waals surface area contributed by atoms with Gasteiger partial charge in [0.2, 0.25) is 0 Å². The minimum absolute atomic E-state index is 0.0775.